The Bertz CT molecular complexity index is 715. The molecule has 0 fully saturated rings. The number of rotatable bonds is 4. The molecule has 108 valence electrons. The summed E-state index contributed by atoms with van der Waals surface area (Å²) >= 11 is 3.47. The van der Waals surface area contributed by atoms with Crippen molar-refractivity contribution in [3.63, 3.8) is 0 Å². The second-order valence-corrected chi connectivity index (χ2v) is 5.35. The number of para-hydroxylation sites is 1. The fourth-order valence-corrected chi connectivity index (χ4v) is 2.72. The molecule has 3 N–H and O–H groups in total. The van der Waals surface area contributed by atoms with Crippen LogP contribution in [0, 0.1) is 0 Å². The normalized spacial score (nSPS) is 12.5. The van der Waals surface area contributed by atoms with Gasteiger partial charge in [-0.15, -0.1) is 0 Å². The minimum atomic E-state index is -0.302. The highest BCUT2D eigenvalue weighted by atomic mass is 79.9. The number of hydrazine groups is 1. The zero-order valence-electron chi connectivity index (χ0n) is 11.3. The van der Waals surface area contributed by atoms with Crippen molar-refractivity contribution in [2.45, 2.75) is 6.04 Å². The minimum Gasteiger partial charge on any atom is -0.270 e. The smallest absolute Gasteiger partial charge is 0.109 e. The number of nitrogens with one attached hydrogen (secondary N) is 1. The molecule has 0 aliphatic heterocycles. The third-order valence-electron chi connectivity index (χ3n) is 3.17. The summed E-state index contributed by atoms with van der Waals surface area (Å²) < 4.78 is 2.61. The van der Waals surface area contributed by atoms with E-state index in [9.17, 15) is 0 Å². The van der Waals surface area contributed by atoms with E-state index in [4.69, 9.17) is 5.84 Å². The van der Waals surface area contributed by atoms with E-state index in [0.29, 0.717) is 5.69 Å². The standard InChI is InChI=1S/C13H14BrN7/c1-20-13(10(14)7-16-20)12(18-15)11-8-17-21(19-11)9-5-3-2-4-6-9/h2-8,12,18H,15H2,1H3. The van der Waals surface area contributed by atoms with Gasteiger partial charge in [0.2, 0.25) is 0 Å². The Balaban J connectivity index is 1.98. The fourth-order valence-electron chi connectivity index (χ4n) is 2.14. The number of aromatic nitrogens is 5. The van der Waals surface area contributed by atoms with Crippen LogP contribution in [0.3, 0.4) is 0 Å². The molecule has 3 aromatic rings. The molecule has 1 unspecified atom stereocenters. The molecule has 21 heavy (non-hydrogen) atoms. The molecule has 8 heteroatoms. The van der Waals surface area contributed by atoms with Gasteiger partial charge in [-0.2, -0.15) is 20.1 Å². The van der Waals surface area contributed by atoms with Crippen LogP contribution in [0.5, 0.6) is 0 Å². The van der Waals surface area contributed by atoms with Crippen molar-refractivity contribution in [1.82, 2.24) is 30.2 Å². The van der Waals surface area contributed by atoms with Crippen LogP contribution in [0.25, 0.3) is 5.69 Å². The number of nitrogens with two attached hydrogens (primary N) is 1. The summed E-state index contributed by atoms with van der Waals surface area (Å²) in [5.41, 5.74) is 5.25. The summed E-state index contributed by atoms with van der Waals surface area (Å²) in [5, 5.41) is 13.0. The van der Waals surface area contributed by atoms with Gasteiger partial charge in [-0.05, 0) is 28.1 Å². The number of benzene rings is 1. The first kappa shape index (κ1) is 13.9. The zero-order chi connectivity index (χ0) is 14.8. The Morgan fingerprint density at radius 1 is 1.19 bits per heavy atom. The number of aryl methyl sites for hydroxylation is 1. The Morgan fingerprint density at radius 3 is 2.57 bits per heavy atom. The Kier molecular flexibility index (Phi) is 3.82. The van der Waals surface area contributed by atoms with E-state index in [-0.39, 0.29) is 6.04 Å². The van der Waals surface area contributed by atoms with Crippen molar-refractivity contribution in [2.24, 2.45) is 12.9 Å². The molecule has 1 aromatic carbocycles. The first-order valence-electron chi connectivity index (χ1n) is 6.32. The minimum absolute atomic E-state index is 0.302. The Morgan fingerprint density at radius 2 is 1.95 bits per heavy atom. The molecular weight excluding hydrogens is 334 g/mol. The highest BCUT2D eigenvalue weighted by Crippen LogP contribution is 2.26. The third-order valence-corrected chi connectivity index (χ3v) is 3.78. The number of hydrogen-bond donors (Lipinski definition) is 2. The summed E-state index contributed by atoms with van der Waals surface area (Å²) in [7, 11) is 1.85. The predicted molar refractivity (Wildman–Crippen MR) is 81.4 cm³/mol. The molecular formula is C13H14BrN7. The largest absolute Gasteiger partial charge is 0.270 e. The van der Waals surface area contributed by atoms with E-state index in [1.807, 2.05) is 37.4 Å². The summed E-state index contributed by atoms with van der Waals surface area (Å²) in [5.74, 6) is 5.69. The molecule has 0 spiro atoms. The molecule has 0 saturated heterocycles. The van der Waals surface area contributed by atoms with Crippen LogP contribution in [0.1, 0.15) is 17.4 Å². The lowest BCUT2D eigenvalue weighted by atomic mass is 10.1. The van der Waals surface area contributed by atoms with E-state index >= 15 is 0 Å². The fraction of sp³-hybridized carbons (Fsp3) is 0.154. The second kappa shape index (κ2) is 5.76. The molecule has 7 nitrogen and oxygen atoms in total. The van der Waals surface area contributed by atoms with Crippen molar-refractivity contribution in [3.8, 4) is 5.69 Å². The molecule has 2 aromatic heterocycles. The van der Waals surface area contributed by atoms with Crippen LogP contribution in [0.2, 0.25) is 0 Å². The number of halogens is 1. The third kappa shape index (κ3) is 2.60. The van der Waals surface area contributed by atoms with E-state index in [1.54, 1.807) is 21.9 Å². The van der Waals surface area contributed by atoms with Crippen molar-refractivity contribution < 1.29 is 0 Å². The van der Waals surface area contributed by atoms with Crippen molar-refractivity contribution >= 4 is 15.9 Å². The quantitative estimate of drug-likeness (QED) is 0.549. The lowest BCUT2D eigenvalue weighted by Gasteiger charge is -2.14. The van der Waals surface area contributed by atoms with Gasteiger partial charge in [-0.25, -0.2) is 5.43 Å². The van der Waals surface area contributed by atoms with Gasteiger partial charge < -0.3 is 0 Å². The van der Waals surface area contributed by atoms with Crippen LogP contribution < -0.4 is 11.3 Å². The van der Waals surface area contributed by atoms with Gasteiger partial charge in [0.1, 0.15) is 11.7 Å². The topological polar surface area (TPSA) is 86.6 Å². The van der Waals surface area contributed by atoms with E-state index in [1.165, 1.54) is 0 Å². The van der Waals surface area contributed by atoms with Gasteiger partial charge in [-0.3, -0.25) is 10.5 Å². The Labute approximate surface area is 129 Å². The first-order chi connectivity index (χ1) is 10.2. The van der Waals surface area contributed by atoms with Crippen molar-refractivity contribution in [2.75, 3.05) is 0 Å². The van der Waals surface area contributed by atoms with E-state index < -0.39 is 0 Å². The average Bonchev–Trinajstić information content (AvgIpc) is 3.11. The van der Waals surface area contributed by atoms with Gasteiger partial charge in [0, 0.05) is 7.05 Å². The van der Waals surface area contributed by atoms with Crippen LogP contribution in [0.4, 0.5) is 0 Å². The highest BCUT2D eigenvalue weighted by Gasteiger charge is 2.22. The lowest BCUT2D eigenvalue weighted by Crippen LogP contribution is -2.31. The molecule has 0 bridgehead atoms. The molecule has 0 radical (unpaired) electrons. The summed E-state index contributed by atoms with van der Waals surface area (Å²) in [6.07, 6.45) is 3.41. The first-order valence-corrected chi connectivity index (χ1v) is 7.11. The molecule has 0 saturated carbocycles. The van der Waals surface area contributed by atoms with Gasteiger partial charge in [0.15, 0.2) is 0 Å². The van der Waals surface area contributed by atoms with Crippen molar-refractivity contribution in [3.05, 3.63) is 58.6 Å². The monoisotopic (exact) mass is 347 g/mol. The average molecular weight is 348 g/mol. The SMILES string of the molecule is Cn1ncc(Br)c1C(NN)c1cnn(-c2ccccc2)n1. The summed E-state index contributed by atoms with van der Waals surface area (Å²) in [4.78, 5) is 1.57. The molecule has 0 aliphatic rings. The predicted octanol–water partition coefficient (Wildman–Crippen LogP) is 1.32. The summed E-state index contributed by atoms with van der Waals surface area (Å²) in [6.45, 7) is 0. The van der Waals surface area contributed by atoms with Crippen molar-refractivity contribution in [1.29, 1.82) is 0 Å². The molecule has 0 aliphatic carbocycles. The summed E-state index contributed by atoms with van der Waals surface area (Å²) in [6, 6.07) is 9.40. The maximum absolute atomic E-state index is 5.69. The van der Waals surface area contributed by atoms with Gasteiger partial charge in [0.25, 0.3) is 0 Å². The van der Waals surface area contributed by atoms with Crippen LogP contribution in [0.15, 0.2) is 47.2 Å². The van der Waals surface area contributed by atoms with Crippen LogP contribution in [-0.4, -0.2) is 24.8 Å². The molecule has 2 heterocycles. The number of hydrogen-bond acceptors (Lipinski definition) is 5. The maximum atomic E-state index is 5.69. The van der Waals surface area contributed by atoms with Crippen LogP contribution >= 0.6 is 15.9 Å². The second-order valence-electron chi connectivity index (χ2n) is 4.50. The molecule has 1 atom stereocenters. The number of nitrogens with zero attached hydrogens (tertiary/aromatic N) is 5. The lowest BCUT2D eigenvalue weighted by molar-refractivity contribution is 0.556. The molecule has 3 rings (SSSR count). The van der Waals surface area contributed by atoms with Gasteiger partial charge >= 0.3 is 0 Å². The van der Waals surface area contributed by atoms with Gasteiger partial charge in [-0.1, -0.05) is 18.2 Å². The highest BCUT2D eigenvalue weighted by molar-refractivity contribution is 9.10. The maximum Gasteiger partial charge on any atom is 0.109 e. The van der Waals surface area contributed by atoms with E-state index in [0.717, 1.165) is 15.9 Å². The van der Waals surface area contributed by atoms with Gasteiger partial charge in [0.05, 0.1) is 28.2 Å². The molecule has 0 amide bonds. The Hall–Kier alpha value is -2.03. The van der Waals surface area contributed by atoms with E-state index in [2.05, 4.69) is 36.7 Å². The van der Waals surface area contributed by atoms with Crippen LogP contribution in [-0.2, 0) is 7.05 Å². The zero-order valence-corrected chi connectivity index (χ0v) is 12.9.